The molecule has 1 aliphatic carbocycles. The quantitative estimate of drug-likeness (QED) is 0.907. The largest absolute Gasteiger partial charge is 0.362 e. The molecular formula is C16H19N3O. The fraction of sp³-hybridized carbons (Fsp3) is 0.500. The van der Waals surface area contributed by atoms with Crippen LogP contribution in [0.3, 0.4) is 0 Å². The van der Waals surface area contributed by atoms with Gasteiger partial charge in [-0.25, -0.2) is 0 Å². The summed E-state index contributed by atoms with van der Waals surface area (Å²) in [5.74, 6) is 0.264. The lowest BCUT2D eigenvalue weighted by molar-refractivity contribution is -0.121. The van der Waals surface area contributed by atoms with Crippen molar-refractivity contribution in [1.29, 1.82) is 5.26 Å². The van der Waals surface area contributed by atoms with Gasteiger partial charge in [0.2, 0.25) is 5.91 Å². The molecule has 0 unspecified atom stereocenters. The highest BCUT2D eigenvalue weighted by Crippen LogP contribution is 2.39. The van der Waals surface area contributed by atoms with E-state index in [-0.39, 0.29) is 5.91 Å². The van der Waals surface area contributed by atoms with Gasteiger partial charge in [0.1, 0.15) is 5.54 Å². The Balaban J connectivity index is 1.64. The van der Waals surface area contributed by atoms with E-state index >= 15 is 0 Å². The first kappa shape index (κ1) is 13.0. The highest BCUT2D eigenvalue weighted by Gasteiger charge is 2.43. The molecule has 1 amide bonds. The zero-order chi connectivity index (χ0) is 14.2. The van der Waals surface area contributed by atoms with Crippen LogP contribution in [0.5, 0.6) is 0 Å². The first-order valence-electron chi connectivity index (χ1n) is 7.17. The summed E-state index contributed by atoms with van der Waals surface area (Å²) in [4.78, 5) is 14.3. The van der Waals surface area contributed by atoms with Crippen LogP contribution in [0, 0.1) is 17.2 Å². The van der Waals surface area contributed by atoms with Gasteiger partial charge in [0, 0.05) is 12.2 Å². The Kier molecular flexibility index (Phi) is 3.13. The van der Waals surface area contributed by atoms with E-state index in [1.165, 1.54) is 5.56 Å². The molecule has 20 heavy (non-hydrogen) atoms. The number of carbonyl (C=O) groups is 1. The molecule has 104 valence electrons. The van der Waals surface area contributed by atoms with Crippen molar-refractivity contribution in [2.45, 2.75) is 31.7 Å². The Morgan fingerprint density at radius 3 is 2.95 bits per heavy atom. The van der Waals surface area contributed by atoms with Gasteiger partial charge in [-0.15, -0.1) is 0 Å². The number of nitriles is 1. The molecule has 0 spiro atoms. The van der Waals surface area contributed by atoms with Crippen molar-refractivity contribution in [1.82, 2.24) is 5.32 Å². The number of nitrogens with one attached hydrogen (secondary N) is 1. The van der Waals surface area contributed by atoms with Gasteiger partial charge in [-0.05, 0) is 43.7 Å². The van der Waals surface area contributed by atoms with E-state index in [2.05, 4.69) is 28.4 Å². The molecule has 1 N–H and O–H groups in total. The molecule has 1 atom stereocenters. The number of fused-ring (bicyclic) bond motifs is 1. The lowest BCUT2D eigenvalue weighted by Crippen LogP contribution is -2.50. The van der Waals surface area contributed by atoms with Crippen LogP contribution in [0.15, 0.2) is 24.3 Å². The Bertz CT molecular complexity index is 573. The lowest BCUT2D eigenvalue weighted by Gasteiger charge is -2.25. The minimum absolute atomic E-state index is 0.0577. The Hall–Kier alpha value is -2.02. The molecule has 0 saturated heterocycles. The third-order valence-electron chi connectivity index (χ3n) is 4.34. The molecule has 1 fully saturated rings. The maximum atomic E-state index is 12.2. The number of hydrogen-bond acceptors (Lipinski definition) is 3. The second kappa shape index (κ2) is 4.82. The predicted molar refractivity (Wildman–Crippen MR) is 77.2 cm³/mol. The van der Waals surface area contributed by atoms with Gasteiger partial charge in [-0.2, -0.15) is 5.26 Å². The summed E-state index contributed by atoms with van der Waals surface area (Å²) < 4.78 is 0. The normalized spacial score (nSPS) is 19.9. The molecule has 0 radical (unpaired) electrons. The van der Waals surface area contributed by atoms with E-state index < -0.39 is 5.54 Å². The Morgan fingerprint density at radius 2 is 2.25 bits per heavy atom. The lowest BCUT2D eigenvalue weighted by atomic mass is 9.98. The summed E-state index contributed by atoms with van der Waals surface area (Å²) in [6.07, 6.45) is 3.06. The van der Waals surface area contributed by atoms with Crippen molar-refractivity contribution in [2.24, 2.45) is 5.92 Å². The van der Waals surface area contributed by atoms with E-state index in [4.69, 9.17) is 0 Å². The first-order valence-corrected chi connectivity index (χ1v) is 7.17. The van der Waals surface area contributed by atoms with Crippen LogP contribution in [-0.4, -0.2) is 24.5 Å². The van der Waals surface area contributed by atoms with Crippen LogP contribution in [0.1, 0.15) is 25.3 Å². The minimum Gasteiger partial charge on any atom is -0.362 e. The fourth-order valence-corrected chi connectivity index (χ4v) is 2.96. The number of para-hydroxylation sites is 1. The molecule has 3 rings (SSSR count). The molecule has 0 bridgehead atoms. The summed E-state index contributed by atoms with van der Waals surface area (Å²) in [6.45, 7) is 3.04. The second-order valence-corrected chi connectivity index (χ2v) is 5.94. The average Bonchev–Trinajstić information content (AvgIpc) is 3.23. The second-order valence-electron chi connectivity index (χ2n) is 5.94. The zero-order valence-electron chi connectivity index (χ0n) is 11.7. The average molecular weight is 269 g/mol. The predicted octanol–water partition coefficient (Wildman–Crippen LogP) is 1.86. The van der Waals surface area contributed by atoms with Gasteiger partial charge in [0.15, 0.2) is 0 Å². The third-order valence-corrected chi connectivity index (χ3v) is 4.34. The molecule has 0 aromatic heterocycles. The van der Waals surface area contributed by atoms with Crippen molar-refractivity contribution in [3.05, 3.63) is 29.8 Å². The smallest absolute Gasteiger partial charge is 0.240 e. The van der Waals surface area contributed by atoms with Crippen molar-refractivity contribution < 1.29 is 4.79 Å². The highest BCUT2D eigenvalue weighted by molar-refractivity contribution is 5.83. The van der Waals surface area contributed by atoms with E-state index in [0.29, 0.717) is 12.5 Å². The SMILES string of the molecule is C[C@](C#N)(NC(=O)CN1CCc2ccccc21)C1CC1. The summed E-state index contributed by atoms with van der Waals surface area (Å²) in [7, 11) is 0. The van der Waals surface area contributed by atoms with Crippen LogP contribution < -0.4 is 10.2 Å². The number of anilines is 1. The van der Waals surface area contributed by atoms with E-state index in [1.54, 1.807) is 0 Å². The van der Waals surface area contributed by atoms with Gasteiger partial charge in [0.25, 0.3) is 0 Å². The van der Waals surface area contributed by atoms with Crippen LogP contribution in [0.4, 0.5) is 5.69 Å². The maximum absolute atomic E-state index is 12.2. The highest BCUT2D eigenvalue weighted by atomic mass is 16.2. The van der Waals surface area contributed by atoms with Gasteiger partial charge in [-0.3, -0.25) is 4.79 Å². The number of benzene rings is 1. The standard InChI is InChI=1S/C16H19N3O/c1-16(11-17,13-6-7-13)18-15(20)10-19-9-8-12-4-2-3-5-14(12)19/h2-5,13H,6-10H2,1H3,(H,18,20)/t16-/m1/s1. The monoisotopic (exact) mass is 269 g/mol. The first-order chi connectivity index (χ1) is 9.62. The summed E-state index contributed by atoms with van der Waals surface area (Å²) in [6, 6.07) is 10.5. The van der Waals surface area contributed by atoms with Gasteiger partial charge < -0.3 is 10.2 Å². The third kappa shape index (κ3) is 2.36. The number of rotatable bonds is 4. The topological polar surface area (TPSA) is 56.1 Å². The van der Waals surface area contributed by atoms with E-state index in [9.17, 15) is 10.1 Å². The van der Waals surface area contributed by atoms with Crippen molar-refractivity contribution in [3.8, 4) is 6.07 Å². The molecule has 4 nitrogen and oxygen atoms in total. The van der Waals surface area contributed by atoms with Crippen molar-refractivity contribution in [3.63, 3.8) is 0 Å². The summed E-state index contributed by atoms with van der Waals surface area (Å²) in [5.41, 5.74) is 1.74. The Labute approximate surface area is 119 Å². The van der Waals surface area contributed by atoms with Crippen molar-refractivity contribution in [2.75, 3.05) is 18.0 Å². The van der Waals surface area contributed by atoms with E-state index in [0.717, 1.165) is 31.5 Å². The number of amides is 1. The molecule has 4 heteroatoms. The van der Waals surface area contributed by atoms with Crippen molar-refractivity contribution >= 4 is 11.6 Å². The Morgan fingerprint density at radius 1 is 1.50 bits per heavy atom. The van der Waals surface area contributed by atoms with Gasteiger partial charge in [-0.1, -0.05) is 18.2 Å². The van der Waals surface area contributed by atoms with Crippen LogP contribution in [-0.2, 0) is 11.2 Å². The zero-order valence-corrected chi connectivity index (χ0v) is 11.7. The molecule has 1 aliphatic heterocycles. The maximum Gasteiger partial charge on any atom is 0.240 e. The van der Waals surface area contributed by atoms with Crippen LogP contribution in [0.25, 0.3) is 0 Å². The molecular weight excluding hydrogens is 250 g/mol. The van der Waals surface area contributed by atoms with Crippen LogP contribution >= 0.6 is 0 Å². The minimum atomic E-state index is -0.698. The number of nitrogens with zero attached hydrogens (tertiary/aromatic N) is 2. The molecule has 1 aromatic carbocycles. The summed E-state index contributed by atoms with van der Waals surface area (Å²) in [5, 5.41) is 12.2. The van der Waals surface area contributed by atoms with Gasteiger partial charge >= 0.3 is 0 Å². The molecule has 1 heterocycles. The number of hydrogen-bond donors (Lipinski definition) is 1. The summed E-state index contributed by atoms with van der Waals surface area (Å²) >= 11 is 0. The van der Waals surface area contributed by atoms with Gasteiger partial charge in [0.05, 0.1) is 12.6 Å². The molecule has 1 aromatic rings. The van der Waals surface area contributed by atoms with E-state index in [1.807, 2.05) is 19.1 Å². The fourth-order valence-electron chi connectivity index (χ4n) is 2.96. The molecule has 2 aliphatic rings. The number of carbonyl (C=O) groups excluding carboxylic acids is 1. The molecule has 1 saturated carbocycles. The van der Waals surface area contributed by atoms with Crippen LogP contribution in [0.2, 0.25) is 0 Å².